The fraction of sp³-hybridized carbons (Fsp3) is 0.273. The van der Waals surface area contributed by atoms with Crippen LogP contribution in [-0.4, -0.2) is 36.5 Å². The lowest BCUT2D eigenvalue weighted by Gasteiger charge is -2.30. The summed E-state index contributed by atoms with van der Waals surface area (Å²) in [5, 5.41) is 4.27. The van der Waals surface area contributed by atoms with Crippen molar-refractivity contribution in [2.45, 2.75) is 19.0 Å². The second-order valence-electron chi connectivity index (χ2n) is 7.07. The number of rotatable bonds is 4. The lowest BCUT2D eigenvalue weighted by molar-refractivity contribution is -0.137. The van der Waals surface area contributed by atoms with Crippen LogP contribution in [0.5, 0.6) is 11.5 Å². The molecule has 0 radical (unpaired) electrons. The van der Waals surface area contributed by atoms with E-state index in [0.29, 0.717) is 18.0 Å². The number of hydrogen-bond acceptors (Lipinski definition) is 4. The van der Waals surface area contributed by atoms with Gasteiger partial charge < -0.3 is 14.4 Å². The zero-order valence-corrected chi connectivity index (χ0v) is 16.9. The van der Waals surface area contributed by atoms with Gasteiger partial charge in [-0.05, 0) is 42.7 Å². The Labute approximate surface area is 176 Å². The van der Waals surface area contributed by atoms with Crippen LogP contribution < -0.4 is 14.4 Å². The highest BCUT2D eigenvalue weighted by molar-refractivity contribution is 6.08. The predicted molar refractivity (Wildman–Crippen MR) is 108 cm³/mol. The molecule has 0 saturated heterocycles. The van der Waals surface area contributed by atoms with E-state index >= 15 is 0 Å². The molecule has 2 heterocycles. The lowest BCUT2D eigenvalue weighted by atomic mass is 10.0. The van der Waals surface area contributed by atoms with Gasteiger partial charge in [0.25, 0.3) is 5.91 Å². The minimum atomic E-state index is -4.49. The molecule has 2 aromatic carbocycles. The quantitative estimate of drug-likeness (QED) is 0.610. The van der Waals surface area contributed by atoms with Crippen LogP contribution in [-0.2, 0) is 12.6 Å². The third-order valence-corrected chi connectivity index (χ3v) is 5.19. The minimum absolute atomic E-state index is 0.0127. The molecule has 0 bridgehead atoms. The first-order valence-electron chi connectivity index (χ1n) is 9.62. The van der Waals surface area contributed by atoms with Gasteiger partial charge in [0.2, 0.25) is 0 Å². The topological polar surface area (TPSA) is 56.6 Å². The molecule has 9 heteroatoms. The molecule has 31 heavy (non-hydrogen) atoms. The molecule has 162 valence electrons. The van der Waals surface area contributed by atoms with Crippen LogP contribution in [0.2, 0.25) is 0 Å². The van der Waals surface area contributed by atoms with E-state index in [1.165, 1.54) is 37.2 Å². The van der Waals surface area contributed by atoms with Gasteiger partial charge in [-0.2, -0.15) is 18.3 Å². The van der Waals surface area contributed by atoms with Crippen molar-refractivity contribution >= 4 is 11.6 Å². The van der Waals surface area contributed by atoms with Crippen molar-refractivity contribution in [1.82, 2.24) is 9.78 Å². The van der Waals surface area contributed by atoms with Gasteiger partial charge >= 0.3 is 6.18 Å². The fourth-order valence-corrected chi connectivity index (χ4v) is 3.72. The smallest absolute Gasteiger partial charge is 0.416 e. The number of amides is 1. The summed E-state index contributed by atoms with van der Waals surface area (Å²) in [4.78, 5) is 15.0. The molecule has 0 fully saturated rings. The van der Waals surface area contributed by atoms with Gasteiger partial charge in [0.15, 0.2) is 11.4 Å². The Hall–Kier alpha value is -3.49. The lowest BCUT2D eigenvalue weighted by Crippen LogP contribution is -2.36. The van der Waals surface area contributed by atoms with Crippen LogP contribution in [0.3, 0.4) is 0 Å². The molecule has 6 nitrogen and oxygen atoms in total. The predicted octanol–water partition coefficient (Wildman–Crippen LogP) is 4.50. The molecular weight excluding hydrogens is 411 g/mol. The Kier molecular flexibility index (Phi) is 5.34. The molecule has 1 aliphatic heterocycles. The van der Waals surface area contributed by atoms with Crippen molar-refractivity contribution in [3.8, 4) is 17.2 Å². The van der Waals surface area contributed by atoms with Crippen molar-refractivity contribution in [1.29, 1.82) is 0 Å². The Morgan fingerprint density at radius 2 is 1.81 bits per heavy atom. The molecule has 0 aliphatic carbocycles. The number of alkyl halides is 3. The van der Waals surface area contributed by atoms with Crippen LogP contribution >= 0.6 is 0 Å². The third-order valence-electron chi connectivity index (χ3n) is 5.19. The second kappa shape index (κ2) is 7.98. The number of carbonyl (C=O) groups excluding carboxylic acids is 1. The van der Waals surface area contributed by atoms with Gasteiger partial charge in [-0.25, -0.2) is 4.68 Å². The first-order valence-corrected chi connectivity index (χ1v) is 9.62. The molecule has 1 amide bonds. The number of para-hydroxylation sites is 1. The van der Waals surface area contributed by atoms with Gasteiger partial charge in [-0.1, -0.05) is 18.2 Å². The molecule has 1 aromatic heterocycles. The average Bonchev–Trinajstić information content (AvgIpc) is 3.22. The molecule has 4 rings (SSSR count). The summed E-state index contributed by atoms with van der Waals surface area (Å²) in [7, 11) is 2.92. The Morgan fingerprint density at radius 3 is 2.52 bits per heavy atom. The number of nitrogens with zero attached hydrogens (tertiary/aromatic N) is 3. The van der Waals surface area contributed by atoms with Gasteiger partial charge in [-0.3, -0.25) is 4.79 Å². The molecule has 0 atom stereocenters. The van der Waals surface area contributed by atoms with Crippen LogP contribution in [0.4, 0.5) is 18.9 Å². The van der Waals surface area contributed by atoms with Gasteiger partial charge in [0.05, 0.1) is 37.4 Å². The maximum absolute atomic E-state index is 13.4. The Morgan fingerprint density at radius 1 is 1.06 bits per heavy atom. The second-order valence-corrected chi connectivity index (χ2v) is 7.07. The molecule has 0 saturated carbocycles. The molecule has 3 aromatic rings. The first kappa shape index (κ1) is 20.8. The summed E-state index contributed by atoms with van der Waals surface area (Å²) in [6, 6.07) is 10.3. The summed E-state index contributed by atoms with van der Waals surface area (Å²) in [6.45, 7) is 0.464. The van der Waals surface area contributed by atoms with Gasteiger partial charge in [0, 0.05) is 6.54 Å². The summed E-state index contributed by atoms with van der Waals surface area (Å²) < 4.78 is 51.3. The van der Waals surface area contributed by atoms with Crippen molar-refractivity contribution in [2.75, 3.05) is 25.7 Å². The van der Waals surface area contributed by atoms with Crippen molar-refractivity contribution < 1.29 is 27.4 Å². The van der Waals surface area contributed by atoms with E-state index in [0.717, 1.165) is 30.5 Å². The van der Waals surface area contributed by atoms with Gasteiger partial charge in [0.1, 0.15) is 5.75 Å². The minimum Gasteiger partial charge on any atom is -0.495 e. The van der Waals surface area contributed by atoms with Crippen LogP contribution in [0.1, 0.15) is 28.0 Å². The molecule has 0 spiro atoms. The SMILES string of the molecule is COc1cn(-c2cccc(C(F)(F)F)c2)nc1C(=O)N1CCCc2cccc(OC)c21. The number of anilines is 1. The number of fused-ring (bicyclic) bond motifs is 1. The maximum atomic E-state index is 13.4. The van der Waals surface area contributed by atoms with E-state index in [9.17, 15) is 18.0 Å². The van der Waals surface area contributed by atoms with Gasteiger partial charge in [-0.15, -0.1) is 0 Å². The first-order chi connectivity index (χ1) is 14.8. The van der Waals surface area contributed by atoms with Crippen LogP contribution in [0, 0.1) is 0 Å². The number of methoxy groups -OCH3 is 2. The van der Waals surface area contributed by atoms with Crippen molar-refractivity contribution in [3.05, 3.63) is 65.5 Å². The van der Waals surface area contributed by atoms with E-state index in [-0.39, 0.29) is 17.1 Å². The van der Waals surface area contributed by atoms with E-state index in [4.69, 9.17) is 9.47 Å². The van der Waals surface area contributed by atoms with Crippen molar-refractivity contribution in [2.24, 2.45) is 0 Å². The number of halogens is 3. The van der Waals surface area contributed by atoms with E-state index in [1.807, 2.05) is 12.1 Å². The summed E-state index contributed by atoms with van der Waals surface area (Å²) >= 11 is 0. The van der Waals surface area contributed by atoms with Crippen LogP contribution in [0.25, 0.3) is 5.69 Å². The Balaban J connectivity index is 1.75. The monoisotopic (exact) mass is 431 g/mol. The summed E-state index contributed by atoms with van der Waals surface area (Å²) in [5.74, 6) is 0.333. The number of aromatic nitrogens is 2. The maximum Gasteiger partial charge on any atom is 0.416 e. The van der Waals surface area contributed by atoms with E-state index < -0.39 is 17.6 Å². The van der Waals surface area contributed by atoms with E-state index in [2.05, 4.69) is 5.10 Å². The fourth-order valence-electron chi connectivity index (χ4n) is 3.72. The number of ether oxygens (including phenoxy) is 2. The average molecular weight is 431 g/mol. The number of benzene rings is 2. The molecule has 0 unspecified atom stereocenters. The number of carbonyl (C=O) groups is 1. The zero-order valence-electron chi connectivity index (χ0n) is 16.9. The highest BCUT2D eigenvalue weighted by atomic mass is 19.4. The summed E-state index contributed by atoms with van der Waals surface area (Å²) in [6.07, 6.45) is -1.51. The molecule has 0 N–H and O–H groups in total. The standard InChI is InChI=1S/C22H20F3N3O3/c1-30-17-10-3-6-14-7-5-11-27(20(14)17)21(29)19-18(31-2)13-28(26-19)16-9-4-8-15(12-16)22(23,24)25/h3-4,6,8-10,12-13H,5,7,11H2,1-2H3. The number of hydrogen-bond donors (Lipinski definition) is 0. The third kappa shape index (κ3) is 3.83. The van der Waals surface area contributed by atoms with Crippen LogP contribution in [0.15, 0.2) is 48.7 Å². The highest BCUT2D eigenvalue weighted by Crippen LogP contribution is 2.38. The normalized spacial score (nSPS) is 13.6. The largest absolute Gasteiger partial charge is 0.495 e. The Bertz CT molecular complexity index is 1110. The highest BCUT2D eigenvalue weighted by Gasteiger charge is 2.32. The summed E-state index contributed by atoms with van der Waals surface area (Å²) in [5.41, 5.74) is 1.04. The molecular formula is C22H20F3N3O3. The number of aryl methyl sites for hydroxylation is 1. The zero-order chi connectivity index (χ0) is 22.2. The molecule has 1 aliphatic rings. The van der Waals surface area contributed by atoms with Crippen molar-refractivity contribution in [3.63, 3.8) is 0 Å². The van der Waals surface area contributed by atoms with E-state index in [1.54, 1.807) is 11.0 Å².